The lowest BCUT2D eigenvalue weighted by atomic mass is 9.80. The van der Waals surface area contributed by atoms with Gasteiger partial charge in [-0.05, 0) is 38.0 Å². The normalized spacial score (nSPS) is 27.6. The number of carbonyl (C=O) groups excluding carboxylic acids is 1. The number of ether oxygens (including phenoxy) is 1. The fourth-order valence-electron chi connectivity index (χ4n) is 3.16. The molecule has 6 heteroatoms. The molecule has 2 rings (SSSR count). The van der Waals surface area contributed by atoms with E-state index in [0.717, 1.165) is 38.5 Å². The predicted octanol–water partition coefficient (Wildman–Crippen LogP) is 1.36. The summed E-state index contributed by atoms with van der Waals surface area (Å²) in [5.41, 5.74) is -0.186. The largest absolute Gasteiger partial charge is 0.481 e. The van der Waals surface area contributed by atoms with Crippen molar-refractivity contribution < 1.29 is 19.4 Å². The lowest BCUT2D eigenvalue weighted by Crippen LogP contribution is -2.51. The van der Waals surface area contributed by atoms with E-state index in [1.165, 1.54) is 0 Å². The molecule has 0 radical (unpaired) electrons. The molecule has 2 aliphatic carbocycles. The van der Waals surface area contributed by atoms with E-state index in [1.54, 1.807) is 7.11 Å². The standard InChI is InChI=1S/C14H24N2O4/c1-20-14(6-3-7-14)9-16-13(19)15-8-10-4-2-5-11(10)12(17)18/h10-11H,2-9H2,1H3,(H,17,18)(H2,15,16,19). The highest BCUT2D eigenvalue weighted by Gasteiger charge is 2.37. The van der Waals surface area contributed by atoms with Gasteiger partial charge in [0, 0.05) is 20.2 Å². The highest BCUT2D eigenvalue weighted by molar-refractivity contribution is 5.74. The first-order chi connectivity index (χ1) is 9.56. The highest BCUT2D eigenvalue weighted by atomic mass is 16.5. The summed E-state index contributed by atoms with van der Waals surface area (Å²) in [7, 11) is 1.68. The van der Waals surface area contributed by atoms with Crippen LogP contribution in [-0.2, 0) is 9.53 Å². The molecule has 0 heterocycles. The third-order valence-electron chi connectivity index (χ3n) is 4.77. The Labute approximate surface area is 119 Å². The van der Waals surface area contributed by atoms with Gasteiger partial charge in [0.15, 0.2) is 0 Å². The van der Waals surface area contributed by atoms with E-state index in [4.69, 9.17) is 9.84 Å². The first-order valence-corrected chi connectivity index (χ1v) is 7.36. The first-order valence-electron chi connectivity index (χ1n) is 7.36. The van der Waals surface area contributed by atoms with Gasteiger partial charge in [0.05, 0.1) is 11.5 Å². The van der Waals surface area contributed by atoms with Crippen LogP contribution >= 0.6 is 0 Å². The maximum Gasteiger partial charge on any atom is 0.314 e. The van der Waals surface area contributed by atoms with Gasteiger partial charge >= 0.3 is 12.0 Å². The maximum absolute atomic E-state index is 11.8. The summed E-state index contributed by atoms with van der Waals surface area (Å²) in [6.45, 7) is 0.950. The highest BCUT2D eigenvalue weighted by Crippen LogP contribution is 2.34. The van der Waals surface area contributed by atoms with Gasteiger partial charge in [-0.2, -0.15) is 0 Å². The third-order valence-corrected chi connectivity index (χ3v) is 4.77. The summed E-state index contributed by atoms with van der Waals surface area (Å²) < 4.78 is 5.43. The van der Waals surface area contributed by atoms with Crippen LogP contribution in [0.15, 0.2) is 0 Å². The van der Waals surface area contributed by atoms with Crippen LogP contribution < -0.4 is 10.6 Å². The Morgan fingerprint density at radius 3 is 2.55 bits per heavy atom. The van der Waals surface area contributed by atoms with E-state index in [-0.39, 0.29) is 23.5 Å². The Morgan fingerprint density at radius 1 is 1.25 bits per heavy atom. The van der Waals surface area contributed by atoms with Crippen molar-refractivity contribution in [3.05, 3.63) is 0 Å². The van der Waals surface area contributed by atoms with Crippen molar-refractivity contribution in [1.29, 1.82) is 0 Å². The Hall–Kier alpha value is -1.30. The van der Waals surface area contributed by atoms with E-state index in [1.807, 2.05) is 0 Å². The van der Waals surface area contributed by atoms with Crippen LogP contribution in [-0.4, -0.2) is 42.9 Å². The topological polar surface area (TPSA) is 87.7 Å². The number of carboxylic acids is 1. The number of amides is 2. The summed E-state index contributed by atoms with van der Waals surface area (Å²) in [5, 5.41) is 14.7. The van der Waals surface area contributed by atoms with Crippen molar-refractivity contribution in [2.24, 2.45) is 11.8 Å². The molecule has 2 aliphatic rings. The van der Waals surface area contributed by atoms with Crippen LogP contribution in [0.4, 0.5) is 4.79 Å². The Bertz CT molecular complexity index is 363. The second-order valence-corrected chi connectivity index (χ2v) is 5.94. The molecule has 20 heavy (non-hydrogen) atoms. The molecule has 0 saturated heterocycles. The van der Waals surface area contributed by atoms with Crippen LogP contribution in [0.5, 0.6) is 0 Å². The van der Waals surface area contributed by atoms with E-state index >= 15 is 0 Å². The molecule has 3 N–H and O–H groups in total. The second kappa shape index (κ2) is 6.43. The SMILES string of the molecule is COC1(CNC(=O)NCC2CCCC2C(=O)O)CCC1. The Morgan fingerprint density at radius 2 is 2.00 bits per heavy atom. The van der Waals surface area contributed by atoms with Gasteiger partial charge < -0.3 is 20.5 Å². The van der Waals surface area contributed by atoms with Crippen LogP contribution in [0.2, 0.25) is 0 Å². The van der Waals surface area contributed by atoms with Gasteiger partial charge in [-0.25, -0.2) is 4.79 Å². The average Bonchev–Trinajstić information content (AvgIpc) is 2.84. The molecular formula is C14H24N2O4. The minimum absolute atomic E-state index is 0.0540. The minimum Gasteiger partial charge on any atom is -0.481 e. The Kier molecular flexibility index (Phi) is 4.86. The van der Waals surface area contributed by atoms with E-state index in [0.29, 0.717) is 13.1 Å². The summed E-state index contributed by atoms with van der Waals surface area (Å²) in [6.07, 6.45) is 5.62. The summed E-state index contributed by atoms with van der Waals surface area (Å²) in [4.78, 5) is 22.8. The summed E-state index contributed by atoms with van der Waals surface area (Å²) in [5.74, 6) is -1.01. The molecule has 0 aromatic carbocycles. The smallest absolute Gasteiger partial charge is 0.314 e. The number of carbonyl (C=O) groups is 2. The number of urea groups is 1. The van der Waals surface area contributed by atoms with Gasteiger partial charge in [0.25, 0.3) is 0 Å². The van der Waals surface area contributed by atoms with Gasteiger partial charge in [-0.15, -0.1) is 0 Å². The number of aliphatic carboxylic acids is 1. The van der Waals surface area contributed by atoms with E-state index in [2.05, 4.69) is 10.6 Å². The van der Waals surface area contributed by atoms with E-state index < -0.39 is 5.97 Å². The minimum atomic E-state index is -0.748. The monoisotopic (exact) mass is 284 g/mol. The lowest BCUT2D eigenvalue weighted by molar-refractivity contribution is -0.142. The van der Waals surface area contributed by atoms with Crippen molar-refractivity contribution in [3.8, 4) is 0 Å². The van der Waals surface area contributed by atoms with Crippen molar-refractivity contribution in [2.45, 2.75) is 44.1 Å². The maximum atomic E-state index is 11.8. The zero-order valence-electron chi connectivity index (χ0n) is 12.0. The molecule has 0 aromatic heterocycles. The molecule has 2 saturated carbocycles. The number of rotatable bonds is 6. The molecule has 114 valence electrons. The second-order valence-electron chi connectivity index (χ2n) is 5.94. The van der Waals surface area contributed by atoms with Gasteiger partial charge in [0.1, 0.15) is 0 Å². The van der Waals surface area contributed by atoms with Crippen LogP contribution in [0.1, 0.15) is 38.5 Å². The molecule has 0 spiro atoms. The molecule has 2 amide bonds. The zero-order valence-corrected chi connectivity index (χ0v) is 12.0. The number of hydrogen-bond donors (Lipinski definition) is 3. The number of methoxy groups -OCH3 is 1. The van der Waals surface area contributed by atoms with Gasteiger partial charge in [-0.1, -0.05) is 6.42 Å². The molecule has 0 bridgehead atoms. The van der Waals surface area contributed by atoms with E-state index in [9.17, 15) is 9.59 Å². The number of nitrogens with one attached hydrogen (secondary N) is 2. The zero-order chi connectivity index (χ0) is 14.6. The van der Waals surface area contributed by atoms with Crippen molar-refractivity contribution in [1.82, 2.24) is 10.6 Å². The lowest BCUT2D eigenvalue weighted by Gasteiger charge is -2.40. The predicted molar refractivity (Wildman–Crippen MR) is 73.5 cm³/mol. The van der Waals surface area contributed by atoms with Crippen molar-refractivity contribution >= 4 is 12.0 Å². The first kappa shape index (κ1) is 15.1. The molecule has 2 unspecified atom stereocenters. The average molecular weight is 284 g/mol. The van der Waals surface area contributed by atoms with Crippen LogP contribution in [0.3, 0.4) is 0 Å². The van der Waals surface area contributed by atoms with Crippen LogP contribution in [0, 0.1) is 11.8 Å². The number of carboxylic acid groups (broad SMARTS) is 1. The molecule has 0 aromatic rings. The fourth-order valence-corrected chi connectivity index (χ4v) is 3.16. The molecule has 2 fully saturated rings. The summed E-state index contributed by atoms with van der Waals surface area (Å²) in [6, 6.07) is -0.232. The van der Waals surface area contributed by atoms with Crippen molar-refractivity contribution in [3.63, 3.8) is 0 Å². The molecular weight excluding hydrogens is 260 g/mol. The molecule has 2 atom stereocenters. The number of hydrogen-bond acceptors (Lipinski definition) is 3. The van der Waals surface area contributed by atoms with Crippen molar-refractivity contribution in [2.75, 3.05) is 20.2 Å². The quantitative estimate of drug-likeness (QED) is 0.687. The summed E-state index contributed by atoms with van der Waals surface area (Å²) >= 11 is 0. The fraction of sp³-hybridized carbons (Fsp3) is 0.857. The van der Waals surface area contributed by atoms with Crippen LogP contribution in [0.25, 0.3) is 0 Å². The van der Waals surface area contributed by atoms with Gasteiger partial charge in [0.2, 0.25) is 0 Å². The van der Waals surface area contributed by atoms with Gasteiger partial charge in [-0.3, -0.25) is 4.79 Å². The molecule has 0 aliphatic heterocycles. The Balaban J connectivity index is 1.68. The molecule has 6 nitrogen and oxygen atoms in total. The third kappa shape index (κ3) is 3.42.